The molecule has 3 aromatic carbocycles. The lowest BCUT2D eigenvalue weighted by Gasteiger charge is -2.13. The number of hydrogen-bond donors (Lipinski definition) is 1. The second-order valence-electron chi connectivity index (χ2n) is 6.07. The first-order valence-electron chi connectivity index (χ1n) is 9.07. The maximum atomic E-state index is 12.3. The van der Waals surface area contributed by atoms with Crippen LogP contribution in [0, 0.1) is 0 Å². The van der Waals surface area contributed by atoms with Crippen LogP contribution in [0.15, 0.2) is 78.9 Å². The van der Waals surface area contributed by atoms with Gasteiger partial charge < -0.3 is 19.5 Å². The highest BCUT2D eigenvalue weighted by Gasteiger charge is 2.10. The van der Waals surface area contributed by atoms with E-state index in [1.165, 1.54) is 5.56 Å². The molecule has 5 heteroatoms. The van der Waals surface area contributed by atoms with E-state index in [1.54, 1.807) is 25.3 Å². The molecule has 0 fully saturated rings. The molecule has 5 nitrogen and oxygen atoms in total. The van der Waals surface area contributed by atoms with Crippen LogP contribution in [-0.4, -0.2) is 26.2 Å². The van der Waals surface area contributed by atoms with E-state index >= 15 is 0 Å². The molecule has 0 aliphatic carbocycles. The zero-order valence-corrected chi connectivity index (χ0v) is 15.8. The van der Waals surface area contributed by atoms with Crippen molar-refractivity contribution in [3.63, 3.8) is 0 Å². The summed E-state index contributed by atoms with van der Waals surface area (Å²) in [5, 5.41) is 2.84. The molecular weight excluding hydrogens is 354 g/mol. The SMILES string of the molecule is COc1ccccc1OCC(=O)Nc1ccccc1OCCc1ccccc1. The van der Waals surface area contributed by atoms with E-state index < -0.39 is 0 Å². The third-order valence-electron chi connectivity index (χ3n) is 4.08. The van der Waals surface area contributed by atoms with Crippen LogP contribution in [0.4, 0.5) is 5.69 Å². The minimum Gasteiger partial charge on any atom is -0.493 e. The molecule has 1 N–H and O–H groups in total. The van der Waals surface area contributed by atoms with Crippen LogP contribution < -0.4 is 19.5 Å². The van der Waals surface area contributed by atoms with Crippen LogP contribution in [0.25, 0.3) is 0 Å². The Bertz CT molecular complexity index is 896. The Hall–Kier alpha value is -3.47. The first kappa shape index (κ1) is 19.3. The van der Waals surface area contributed by atoms with Crippen molar-refractivity contribution >= 4 is 11.6 Å². The van der Waals surface area contributed by atoms with Gasteiger partial charge in [0.25, 0.3) is 5.91 Å². The van der Waals surface area contributed by atoms with E-state index in [2.05, 4.69) is 17.4 Å². The maximum Gasteiger partial charge on any atom is 0.262 e. The van der Waals surface area contributed by atoms with Crippen molar-refractivity contribution in [3.05, 3.63) is 84.4 Å². The van der Waals surface area contributed by atoms with Gasteiger partial charge in [-0.15, -0.1) is 0 Å². The predicted molar refractivity (Wildman–Crippen MR) is 109 cm³/mol. The second kappa shape index (κ2) is 10.0. The lowest BCUT2D eigenvalue weighted by molar-refractivity contribution is -0.118. The van der Waals surface area contributed by atoms with Crippen LogP contribution in [-0.2, 0) is 11.2 Å². The summed E-state index contributed by atoms with van der Waals surface area (Å²) in [5.74, 6) is 1.46. The Morgan fingerprint density at radius 3 is 2.18 bits per heavy atom. The van der Waals surface area contributed by atoms with Crippen molar-refractivity contribution in [1.29, 1.82) is 0 Å². The molecule has 0 bridgehead atoms. The fourth-order valence-electron chi connectivity index (χ4n) is 2.69. The van der Waals surface area contributed by atoms with Gasteiger partial charge in [-0.05, 0) is 29.8 Å². The molecule has 0 aliphatic rings. The Morgan fingerprint density at radius 1 is 0.786 bits per heavy atom. The van der Waals surface area contributed by atoms with Crippen molar-refractivity contribution in [1.82, 2.24) is 0 Å². The average molecular weight is 377 g/mol. The van der Waals surface area contributed by atoms with Gasteiger partial charge in [0.2, 0.25) is 0 Å². The van der Waals surface area contributed by atoms with Crippen LogP contribution in [0.2, 0.25) is 0 Å². The number of nitrogens with one attached hydrogen (secondary N) is 1. The molecule has 0 atom stereocenters. The smallest absolute Gasteiger partial charge is 0.262 e. The zero-order valence-electron chi connectivity index (χ0n) is 15.8. The summed E-state index contributed by atoms with van der Waals surface area (Å²) < 4.78 is 16.6. The number of hydrogen-bond acceptors (Lipinski definition) is 4. The molecule has 0 unspecified atom stereocenters. The number of methoxy groups -OCH3 is 1. The number of anilines is 1. The number of amides is 1. The fraction of sp³-hybridized carbons (Fsp3) is 0.174. The number of ether oxygens (including phenoxy) is 3. The van der Waals surface area contributed by atoms with E-state index in [-0.39, 0.29) is 12.5 Å². The fourth-order valence-corrected chi connectivity index (χ4v) is 2.69. The highest BCUT2D eigenvalue weighted by atomic mass is 16.5. The standard InChI is InChI=1S/C23H23NO4/c1-26-21-13-7-8-14-22(21)28-17-23(25)24-19-11-5-6-12-20(19)27-16-15-18-9-3-2-4-10-18/h2-14H,15-17H2,1H3,(H,24,25). The summed E-state index contributed by atoms with van der Waals surface area (Å²) in [6.07, 6.45) is 0.792. The van der Waals surface area contributed by atoms with Crippen LogP contribution in [0.5, 0.6) is 17.2 Å². The van der Waals surface area contributed by atoms with Gasteiger partial charge in [-0.2, -0.15) is 0 Å². The number of benzene rings is 3. The second-order valence-corrected chi connectivity index (χ2v) is 6.07. The highest BCUT2D eigenvalue weighted by molar-refractivity contribution is 5.93. The first-order valence-corrected chi connectivity index (χ1v) is 9.07. The van der Waals surface area contributed by atoms with Gasteiger partial charge in [0, 0.05) is 6.42 Å². The number of para-hydroxylation sites is 4. The third kappa shape index (κ3) is 5.51. The number of rotatable bonds is 9. The summed E-state index contributed by atoms with van der Waals surface area (Å²) in [7, 11) is 1.56. The van der Waals surface area contributed by atoms with Crippen LogP contribution >= 0.6 is 0 Å². The van der Waals surface area contributed by atoms with Gasteiger partial charge >= 0.3 is 0 Å². The van der Waals surface area contributed by atoms with Gasteiger partial charge in [0.05, 0.1) is 19.4 Å². The van der Waals surface area contributed by atoms with Crippen molar-refractivity contribution < 1.29 is 19.0 Å². The van der Waals surface area contributed by atoms with Crippen molar-refractivity contribution in [2.24, 2.45) is 0 Å². The molecule has 0 saturated carbocycles. The van der Waals surface area contributed by atoms with Crippen LogP contribution in [0.3, 0.4) is 0 Å². The van der Waals surface area contributed by atoms with Crippen molar-refractivity contribution in [3.8, 4) is 17.2 Å². The van der Waals surface area contributed by atoms with E-state index in [0.717, 1.165) is 6.42 Å². The van der Waals surface area contributed by atoms with Crippen molar-refractivity contribution in [2.75, 3.05) is 25.6 Å². The molecule has 0 aliphatic heterocycles. The Morgan fingerprint density at radius 2 is 1.43 bits per heavy atom. The molecule has 0 aromatic heterocycles. The largest absolute Gasteiger partial charge is 0.493 e. The Kier molecular flexibility index (Phi) is 6.90. The van der Waals surface area contributed by atoms with Gasteiger partial charge in [0.15, 0.2) is 18.1 Å². The first-order chi connectivity index (χ1) is 13.8. The molecular formula is C23H23NO4. The number of carbonyl (C=O) groups excluding carboxylic acids is 1. The molecule has 144 valence electrons. The zero-order chi connectivity index (χ0) is 19.6. The number of carbonyl (C=O) groups is 1. The minimum atomic E-state index is -0.273. The predicted octanol–water partition coefficient (Wildman–Crippen LogP) is 4.33. The van der Waals surface area contributed by atoms with Crippen LogP contribution in [0.1, 0.15) is 5.56 Å². The highest BCUT2D eigenvalue weighted by Crippen LogP contribution is 2.26. The monoisotopic (exact) mass is 377 g/mol. The van der Waals surface area contributed by atoms with E-state index in [4.69, 9.17) is 14.2 Å². The van der Waals surface area contributed by atoms with E-state index in [0.29, 0.717) is 29.5 Å². The van der Waals surface area contributed by atoms with Gasteiger partial charge in [0.1, 0.15) is 5.75 Å². The van der Waals surface area contributed by atoms with E-state index in [1.807, 2.05) is 48.5 Å². The minimum absolute atomic E-state index is 0.126. The normalized spacial score (nSPS) is 10.2. The van der Waals surface area contributed by atoms with E-state index in [9.17, 15) is 4.79 Å². The lowest BCUT2D eigenvalue weighted by Crippen LogP contribution is -2.20. The maximum absolute atomic E-state index is 12.3. The summed E-state index contributed by atoms with van der Waals surface area (Å²) in [6, 6.07) is 24.7. The quantitative estimate of drug-likeness (QED) is 0.603. The molecule has 3 aromatic rings. The Labute approximate surface area is 164 Å². The molecule has 28 heavy (non-hydrogen) atoms. The summed E-state index contributed by atoms with van der Waals surface area (Å²) >= 11 is 0. The average Bonchev–Trinajstić information content (AvgIpc) is 2.74. The molecule has 0 radical (unpaired) electrons. The van der Waals surface area contributed by atoms with Gasteiger partial charge in [-0.1, -0.05) is 54.6 Å². The van der Waals surface area contributed by atoms with Gasteiger partial charge in [-0.25, -0.2) is 0 Å². The molecule has 0 spiro atoms. The summed E-state index contributed by atoms with van der Waals surface area (Å²) in [4.78, 5) is 12.3. The molecule has 3 rings (SSSR count). The summed E-state index contributed by atoms with van der Waals surface area (Å²) in [6.45, 7) is 0.396. The molecule has 0 heterocycles. The Balaban J connectivity index is 1.54. The molecule has 1 amide bonds. The third-order valence-corrected chi connectivity index (χ3v) is 4.08. The summed E-state index contributed by atoms with van der Waals surface area (Å²) in [5.41, 5.74) is 1.82. The molecule has 0 saturated heterocycles. The van der Waals surface area contributed by atoms with Crippen molar-refractivity contribution in [2.45, 2.75) is 6.42 Å². The van der Waals surface area contributed by atoms with Gasteiger partial charge in [-0.3, -0.25) is 4.79 Å². The topological polar surface area (TPSA) is 56.8 Å². The lowest BCUT2D eigenvalue weighted by atomic mass is 10.2.